The van der Waals surface area contributed by atoms with E-state index < -0.39 is 17.7 Å². The van der Waals surface area contributed by atoms with Crippen LogP contribution in [-0.2, 0) is 11.3 Å². The fourth-order valence-electron chi connectivity index (χ4n) is 1.07. The number of amides is 1. The summed E-state index contributed by atoms with van der Waals surface area (Å²) in [7, 11) is 0. The predicted octanol–water partition coefficient (Wildman–Crippen LogP) is 2.60. The molecule has 0 heterocycles. The van der Waals surface area contributed by atoms with Gasteiger partial charge in [0.2, 0.25) is 0 Å². The van der Waals surface area contributed by atoms with Crippen LogP contribution in [0.4, 0.5) is 13.6 Å². The van der Waals surface area contributed by atoms with E-state index in [-0.39, 0.29) is 18.2 Å². The molecule has 0 fully saturated rings. The second-order valence-corrected chi connectivity index (χ2v) is 3.61. The van der Waals surface area contributed by atoms with Crippen molar-refractivity contribution in [1.82, 2.24) is 5.32 Å². The number of carbonyl (C=O) groups is 1. The number of hydrogen-bond acceptors (Lipinski definition) is 2. The Hall–Kier alpha value is -1.65. The highest BCUT2D eigenvalue weighted by atomic mass is 19.1. The maximum atomic E-state index is 13.1. The first kappa shape index (κ1) is 12.4. The maximum absolute atomic E-state index is 13.1. The minimum absolute atomic E-state index is 0.0129. The van der Waals surface area contributed by atoms with Gasteiger partial charge < -0.3 is 10.1 Å². The van der Waals surface area contributed by atoms with E-state index in [2.05, 4.69) is 5.32 Å². The summed E-state index contributed by atoms with van der Waals surface area (Å²) in [6.45, 7) is 3.25. The van der Waals surface area contributed by atoms with E-state index in [0.29, 0.717) is 0 Å². The molecular formula is C11H13F2NO2. The number of ether oxygens (including phenoxy) is 1. The van der Waals surface area contributed by atoms with Crippen molar-refractivity contribution in [1.29, 1.82) is 0 Å². The lowest BCUT2D eigenvalue weighted by atomic mass is 10.2. The average molecular weight is 229 g/mol. The highest BCUT2D eigenvalue weighted by molar-refractivity contribution is 5.67. The van der Waals surface area contributed by atoms with Crippen molar-refractivity contribution in [3.8, 4) is 0 Å². The zero-order chi connectivity index (χ0) is 12.1. The molecule has 0 unspecified atom stereocenters. The predicted molar refractivity (Wildman–Crippen MR) is 54.8 cm³/mol. The van der Waals surface area contributed by atoms with Crippen LogP contribution in [0.5, 0.6) is 0 Å². The summed E-state index contributed by atoms with van der Waals surface area (Å²) < 4.78 is 30.6. The van der Waals surface area contributed by atoms with Crippen LogP contribution in [0.1, 0.15) is 19.4 Å². The van der Waals surface area contributed by atoms with E-state index in [9.17, 15) is 13.6 Å². The molecule has 0 saturated carbocycles. The lowest BCUT2D eigenvalue weighted by molar-refractivity contribution is 0.136. The van der Waals surface area contributed by atoms with Crippen LogP contribution in [0.25, 0.3) is 0 Å². The number of hydrogen-bond donors (Lipinski definition) is 1. The van der Waals surface area contributed by atoms with Crippen molar-refractivity contribution >= 4 is 6.09 Å². The Bertz CT molecular complexity index is 380. The minimum Gasteiger partial charge on any atom is -0.445 e. The molecule has 16 heavy (non-hydrogen) atoms. The summed E-state index contributed by atoms with van der Waals surface area (Å²) in [6.07, 6.45) is -0.654. The van der Waals surface area contributed by atoms with Crippen molar-refractivity contribution in [2.75, 3.05) is 0 Å². The van der Waals surface area contributed by atoms with Crippen molar-refractivity contribution in [2.45, 2.75) is 26.5 Å². The molecule has 0 aliphatic carbocycles. The SMILES string of the molecule is CC(C)NC(=O)OCc1cc(F)ccc1F. The van der Waals surface area contributed by atoms with E-state index in [1.54, 1.807) is 13.8 Å². The van der Waals surface area contributed by atoms with Crippen molar-refractivity contribution in [2.24, 2.45) is 0 Å². The van der Waals surface area contributed by atoms with Crippen LogP contribution in [-0.4, -0.2) is 12.1 Å². The van der Waals surface area contributed by atoms with Crippen LogP contribution >= 0.6 is 0 Å². The Kier molecular flexibility index (Phi) is 4.22. The second kappa shape index (κ2) is 5.44. The average Bonchev–Trinajstić information content (AvgIpc) is 2.18. The molecule has 0 saturated heterocycles. The third-order valence-corrected chi connectivity index (χ3v) is 1.77. The lowest BCUT2D eigenvalue weighted by Gasteiger charge is -2.09. The summed E-state index contributed by atoms with van der Waals surface area (Å²) in [4.78, 5) is 11.1. The molecule has 1 amide bonds. The van der Waals surface area contributed by atoms with Crippen molar-refractivity contribution in [3.63, 3.8) is 0 Å². The number of carbonyl (C=O) groups excluding carboxylic acids is 1. The van der Waals surface area contributed by atoms with Crippen LogP contribution in [0.2, 0.25) is 0 Å². The summed E-state index contributed by atoms with van der Waals surface area (Å²) >= 11 is 0. The van der Waals surface area contributed by atoms with Gasteiger partial charge in [-0.1, -0.05) is 0 Å². The number of alkyl carbamates (subject to hydrolysis) is 1. The minimum atomic E-state index is -0.654. The maximum Gasteiger partial charge on any atom is 0.407 e. The van der Waals surface area contributed by atoms with Crippen molar-refractivity contribution < 1.29 is 18.3 Å². The molecule has 0 bridgehead atoms. The Labute approximate surface area is 92.4 Å². The normalized spacial score (nSPS) is 10.3. The number of halogens is 2. The fourth-order valence-corrected chi connectivity index (χ4v) is 1.07. The van der Waals surface area contributed by atoms with Gasteiger partial charge in [0, 0.05) is 11.6 Å². The Morgan fingerprint density at radius 1 is 1.44 bits per heavy atom. The lowest BCUT2D eigenvalue weighted by Crippen LogP contribution is -2.30. The highest BCUT2D eigenvalue weighted by Gasteiger charge is 2.08. The molecule has 0 radical (unpaired) electrons. The van der Waals surface area contributed by atoms with E-state index in [4.69, 9.17) is 4.74 Å². The molecule has 0 aliphatic rings. The third kappa shape index (κ3) is 3.84. The molecule has 0 spiro atoms. The standard InChI is InChI=1S/C11H13F2NO2/c1-7(2)14-11(15)16-6-8-5-9(12)3-4-10(8)13/h3-5,7H,6H2,1-2H3,(H,14,15). The van der Waals surface area contributed by atoms with Crippen LogP contribution in [0.15, 0.2) is 18.2 Å². The van der Waals surface area contributed by atoms with Gasteiger partial charge in [-0.15, -0.1) is 0 Å². The summed E-state index contributed by atoms with van der Waals surface area (Å²) in [5, 5.41) is 2.47. The van der Waals surface area contributed by atoms with Gasteiger partial charge >= 0.3 is 6.09 Å². The van der Waals surface area contributed by atoms with Crippen LogP contribution in [0.3, 0.4) is 0 Å². The molecule has 88 valence electrons. The van der Waals surface area contributed by atoms with Gasteiger partial charge in [-0.3, -0.25) is 0 Å². The zero-order valence-corrected chi connectivity index (χ0v) is 9.09. The molecular weight excluding hydrogens is 216 g/mol. The largest absolute Gasteiger partial charge is 0.445 e. The Morgan fingerprint density at radius 3 is 2.75 bits per heavy atom. The second-order valence-electron chi connectivity index (χ2n) is 3.61. The van der Waals surface area contributed by atoms with Gasteiger partial charge in [0.05, 0.1) is 0 Å². The molecule has 1 N–H and O–H groups in total. The van der Waals surface area contributed by atoms with Gasteiger partial charge in [0.1, 0.15) is 18.2 Å². The molecule has 0 aliphatic heterocycles. The Balaban J connectivity index is 2.54. The Morgan fingerprint density at radius 2 is 2.12 bits per heavy atom. The van der Waals surface area contributed by atoms with Gasteiger partial charge in [-0.25, -0.2) is 13.6 Å². The first-order chi connectivity index (χ1) is 7.49. The van der Waals surface area contributed by atoms with E-state index >= 15 is 0 Å². The summed E-state index contributed by atoms with van der Waals surface area (Å²) in [5.41, 5.74) is 0.0129. The number of benzene rings is 1. The monoisotopic (exact) mass is 229 g/mol. The molecule has 5 heteroatoms. The summed E-state index contributed by atoms with van der Waals surface area (Å²) in [5.74, 6) is -1.16. The molecule has 0 aromatic heterocycles. The molecule has 1 aromatic rings. The number of nitrogens with one attached hydrogen (secondary N) is 1. The number of rotatable bonds is 3. The smallest absolute Gasteiger partial charge is 0.407 e. The molecule has 1 aromatic carbocycles. The van der Waals surface area contributed by atoms with E-state index in [0.717, 1.165) is 18.2 Å². The molecule has 3 nitrogen and oxygen atoms in total. The zero-order valence-electron chi connectivity index (χ0n) is 9.09. The van der Waals surface area contributed by atoms with Crippen LogP contribution in [0, 0.1) is 11.6 Å². The van der Waals surface area contributed by atoms with Gasteiger partial charge in [-0.2, -0.15) is 0 Å². The molecule has 0 atom stereocenters. The topological polar surface area (TPSA) is 38.3 Å². The van der Waals surface area contributed by atoms with Crippen LogP contribution < -0.4 is 5.32 Å². The van der Waals surface area contributed by atoms with Gasteiger partial charge in [0.25, 0.3) is 0 Å². The summed E-state index contributed by atoms with van der Waals surface area (Å²) in [6, 6.07) is 2.93. The van der Waals surface area contributed by atoms with Gasteiger partial charge in [-0.05, 0) is 32.0 Å². The van der Waals surface area contributed by atoms with Crippen molar-refractivity contribution in [3.05, 3.63) is 35.4 Å². The highest BCUT2D eigenvalue weighted by Crippen LogP contribution is 2.10. The third-order valence-electron chi connectivity index (χ3n) is 1.77. The first-order valence-corrected chi connectivity index (χ1v) is 4.86. The van der Waals surface area contributed by atoms with E-state index in [1.165, 1.54) is 0 Å². The first-order valence-electron chi connectivity index (χ1n) is 4.86. The quantitative estimate of drug-likeness (QED) is 0.865. The molecule has 1 rings (SSSR count). The van der Waals surface area contributed by atoms with E-state index in [1.807, 2.05) is 0 Å². The fraction of sp³-hybridized carbons (Fsp3) is 0.364. The van der Waals surface area contributed by atoms with Gasteiger partial charge in [0.15, 0.2) is 0 Å².